The minimum absolute atomic E-state index is 0.187. The topological polar surface area (TPSA) is 74.5 Å². The summed E-state index contributed by atoms with van der Waals surface area (Å²) in [7, 11) is 0. The molecule has 7 heteroatoms. The van der Waals surface area contributed by atoms with Gasteiger partial charge in [0.2, 0.25) is 12.7 Å². The van der Waals surface area contributed by atoms with Crippen LogP contribution in [0.2, 0.25) is 0 Å². The summed E-state index contributed by atoms with van der Waals surface area (Å²) < 4.78 is 11.2. The summed E-state index contributed by atoms with van der Waals surface area (Å²) in [6, 6.07) is 10.3. The van der Waals surface area contributed by atoms with Crippen molar-refractivity contribution in [2.45, 2.75) is 17.2 Å². The molecule has 1 amide bonds. The van der Waals surface area contributed by atoms with E-state index in [1.54, 1.807) is 43.3 Å². The highest BCUT2D eigenvalue weighted by Crippen LogP contribution is 2.34. The Morgan fingerprint density at radius 1 is 1.32 bits per heavy atom. The van der Waals surface area contributed by atoms with Crippen LogP contribution in [0.15, 0.2) is 47.6 Å². The summed E-state index contributed by atoms with van der Waals surface area (Å²) in [5, 5.41) is 14.5. The van der Waals surface area contributed by atoms with Crippen molar-refractivity contribution in [3.05, 3.63) is 47.8 Å². The molecular weight excluding hydrogens is 304 g/mol. The van der Waals surface area contributed by atoms with E-state index in [1.807, 2.05) is 0 Å². The van der Waals surface area contributed by atoms with Crippen LogP contribution in [0.25, 0.3) is 0 Å². The van der Waals surface area contributed by atoms with E-state index in [0.29, 0.717) is 22.2 Å². The third-order valence-corrected chi connectivity index (χ3v) is 4.22. The zero-order valence-corrected chi connectivity index (χ0v) is 12.6. The summed E-state index contributed by atoms with van der Waals surface area (Å²) in [6.07, 6.45) is 1.41. The molecule has 0 bridgehead atoms. The second kappa shape index (κ2) is 6.15. The van der Waals surface area contributed by atoms with E-state index in [4.69, 9.17) is 9.47 Å². The first-order chi connectivity index (χ1) is 10.6. The smallest absolute Gasteiger partial charge is 0.252 e. The number of fused-ring (bicyclic) bond motifs is 1. The molecular formula is C15H14N2O4S. The van der Waals surface area contributed by atoms with Gasteiger partial charge in [-0.1, -0.05) is 0 Å². The normalized spacial score (nSPS) is 13.7. The molecule has 114 valence electrons. The summed E-state index contributed by atoms with van der Waals surface area (Å²) in [5.41, 5.74) is 0.629. The molecule has 1 atom stereocenters. The van der Waals surface area contributed by atoms with Crippen molar-refractivity contribution in [2.24, 2.45) is 0 Å². The number of nitrogens with zero attached hydrogens (tertiary/aromatic N) is 1. The molecule has 0 radical (unpaired) electrons. The van der Waals surface area contributed by atoms with E-state index < -0.39 is 5.25 Å². The SMILES string of the molecule is C[C@@H](Sc1cccc[n+]1[O-])C(=O)Nc1ccc2c(c1)OCO2. The van der Waals surface area contributed by atoms with Gasteiger partial charge >= 0.3 is 0 Å². The maximum absolute atomic E-state index is 12.2. The molecule has 0 spiro atoms. The number of hydrogen-bond acceptors (Lipinski definition) is 5. The Bertz CT molecular complexity index is 708. The van der Waals surface area contributed by atoms with Crippen LogP contribution < -0.4 is 19.5 Å². The largest absolute Gasteiger partial charge is 0.618 e. The number of amides is 1. The third-order valence-electron chi connectivity index (χ3n) is 3.10. The van der Waals surface area contributed by atoms with Crippen molar-refractivity contribution in [1.29, 1.82) is 0 Å². The monoisotopic (exact) mass is 318 g/mol. The van der Waals surface area contributed by atoms with E-state index in [0.717, 1.165) is 4.73 Å². The third kappa shape index (κ3) is 3.09. The van der Waals surface area contributed by atoms with Crippen molar-refractivity contribution >= 4 is 23.4 Å². The lowest BCUT2D eigenvalue weighted by Crippen LogP contribution is -2.30. The van der Waals surface area contributed by atoms with Gasteiger partial charge in [0.05, 0.1) is 5.25 Å². The van der Waals surface area contributed by atoms with Gasteiger partial charge in [-0.25, -0.2) is 0 Å². The van der Waals surface area contributed by atoms with Gasteiger partial charge in [0.1, 0.15) is 0 Å². The number of carbonyl (C=O) groups excluding carboxylic acids is 1. The number of benzene rings is 1. The lowest BCUT2D eigenvalue weighted by atomic mass is 10.2. The van der Waals surface area contributed by atoms with Crippen molar-refractivity contribution in [1.82, 2.24) is 0 Å². The predicted molar refractivity (Wildman–Crippen MR) is 81.9 cm³/mol. The summed E-state index contributed by atoms with van der Waals surface area (Å²) in [5.74, 6) is 1.09. The Morgan fingerprint density at radius 3 is 2.95 bits per heavy atom. The van der Waals surface area contributed by atoms with Crippen LogP contribution in [0, 0.1) is 5.21 Å². The summed E-state index contributed by atoms with van der Waals surface area (Å²) >= 11 is 1.21. The number of ether oxygens (including phenoxy) is 2. The molecule has 6 nitrogen and oxygen atoms in total. The number of aromatic nitrogens is 1. The molecule has 1 aromatic heterocycles. The zero-order chi connectivity index (χ0) is 15.5. The van der Waals surface area contributed by atoms with Crippen molar-refractivity contribution in [2.75, 3.05) is 12.1 Å². The van der Waals surface area contributed by atoms with Gasteiger partial charge in [0.25, 0.3) is 5.03 Å². The van der Waals surface area contributed by atoms with Crippen LogP contribution in [0.5, 0.6) is 11.5 Å². The Kier molecular flexibility index (Phi) is 4.06. The molecule has 3 rings (SSSR count). The number of anilines is 1. The fourth-order valence-corrected chi connectivity index (χ4v) is 2.81. The minimum Gasteiger partial charge on any atom is -0.618 e. The molecule has 1 aromatic carbocycles. The molecule has 0 fully saturated rings. The highest BCUT2D eigenvalue weighted by Gasteiger charge is 2.20. The van der Waals surface area contributed by atoms with Crippen molar-refractivity contribution in [3.63, 3.8) is 0 Å². The second-order valence-corrected chi connectivity index (χ2v) is 6.04. The minimum atomic E-state index is -0.409. The van der Waals surface area contributed by atoms with E-state index in [1.165, 1.54) is 18.0 Å². The van der Waals surface area contributed by atoms with Crippen LogP contribution in [-0.4, -0.2) is 18.0 Å². The van der Waals surface area contributed by atoms with E-state index in [2.05, 4.69) is 5.32 Å². The number of pyridine rings is 1. The first kappa shape index (κ1) is 14.5. The first-order valence-electron chi connectivity index (χ1n) is 6.69. The van der Waals surface area contributed by atoms with E-state index >= 15 is 0 Å². The Balaban J connectivity index is 1.65. The fourth-order valence-electron chi connectivity index (χ4n) is 1.96. The lowest BCUT2D eigenvalue weighted by Gasteiger charge is -2.11. The highest BCUT2D eigenvalue weighted by atomic mass is 32.2. The molecule has 0 saturated carbocycles. The summed E-state index contributed by atoms with van der Waals surface area (Å²) in [6.45, 7) is 1.94. The standard InChI is InChI=1S/C15H14N2O4S/c1-10(22-14-4-2-3-7-17(14)19)15(18)16-11-5-6-12-13(8-11)21-9-20-12/h2-8,10H,9H2,1H3,(H,16,18)/t10-/m1/s1. The fraction of sp³-hybridized carbons (Fsp3) is 0.200. The zero-order valence-electron chi connectivity index (χ0n) is 11.8. The summed E-state index contributed by atoms with van der Waals surface area (Å²) in [4.78, 5) is 12.2. The Hall–Kier alpha value is -2.41. The molecule has 0 saturated heterocycles. The van der Waals surface area contributed by atoms with Crippen molar-refractivity contribution in [3.8, 4) is 11.5 Å². The van der Waals surface area contributed by atoms with E-state index in [9.17, 15) is 10.0 Å². The van der Waals surface area contributed by atoms with Crippen LogP contribution in [0.1, 0.15) is 6.92 Å². The number of rotatable bonds is 4. The molecule has 0 aliphatic carbocycles. The van der Waals surface area contributed by atoms with Crippen LogP contribution in [0.4, 0.5) is 5.69 Å². The Morgan fingerprint density at radius 2 is 2.14 bits per heavy atom. The van der Waals surface area contributed by atoms with Gasteiger partial charge in [0, 0.05) is 23.9 Å². The van der Waals surface area contributed by atoms with Gasteiger partial charge in [-0.05, 0) is 36.9 Å². The Labute approximate surface area is 131 Å². The lowest BCUT2D eigenvalue weighted by molar-refractivity contribution is -0.645. The molecule has 0 unspecified atom stereocenters. The van der Waals surface area contributed by atoms with Gasteiger partial charge in [-0.3, -0.25) is 4.79 Å². The number of thioether (sulfide) groups is 1. The first-order valence-corrected chi connectivity index (χ1v) is 7.57. The van der Waals surface area contributed by atoms with Crippen LogP contribution >= 0.6 is 11.8 Å². The van der Waals surface area contributed by atoms with Crippen LogP contribution in [0.3, 0.4) is 0 Å². The van der Waals surface area contributed by atoms with E-state index in [-0.39, 0.29) is 12.7 Å². The molecule has 2 aromatic rings. The quantitative estimate of drug-likeness (QED) is 0.531. The van der Waals surface area contributed by atoms with Crippen LogP contribution in [-0.2, 0) is 4.79 Å². The number of nitrogens with one attached hydrogen (secondary N) is 1. The van der Waals surface area contributed by atoms with Gasteiger partial charge in [-0.2, -0.15) is 4.73 Å². The predicted octanol–water partition coefficient (Wildman–Crippen LogP) is 2.17. The molecule has 22 heavy (non-hydrogen) atoms. The maximum atomic E-state index is 12.2. The van der Waals surface area contributed by atoms with Gasteiger partial charge < -0.3 is 20.0 Å². The molecule has 1 aliphatic heterocycles. The highest BCUT2D eigenvalue weighted by molar-refractivity contribution is 8.00. The van der Waals surface area contributed by atoms with Crippen molar-refractivity contribution < 1.29 is 19.0 Å². The maximum Gasteiger partial charge on any atom is 0.252 e. The second-order valence-electron chi connectivity index (χ2n) is 4.68. The van der Waals surface area contributed by atoms with Gasteiger partial charge in [-0.15, -0.1) is 0 Å². The van der Waals surface area contributed by atoms with Gasteiger partial charge in [0.15, 0.2) is 17.7 Å². The number of hydrogen-bond donors (Lipinski definition) is 1. The average Bonchev–Trinajstić information content (AvgIpc) is 2.97. The molecule has 1 aliphatic rings. The number of carbonyl (C=O) groups is 1. The molecule has 2 heterocycles. The molecule has 1 N–H and O–H groups in total. The average molecular weight is 318 g/mol.